The summed E-state index contributed by atoms with van der Waals surface area (Å²) in [4.78, 5) is 20.2. The van der Waals surface area contributed by atoms with Crippen LogP contribution in [-0.2, 0) is 0 Å². The van der Waals surface area contributed by atoms with Crippen LogP contribution in [0.5, 0.6) is 5.75 Å². The molecular formula is C24H17FN6O2. The number of benzene rings is 2. The van der Waals surface area contributed by atoms with Gasteiger partial charge in [-0.3, -0.25) is 14.9 Å². The third kappa shape index (κ3) is 2.84. The fourth-order valence-corrected chi connectivity index (χ4v) is 4.54. The van der Waals surface area contributed by atoms with E-state index < -0.39 is 11.4 Å². The van der Waals surface area contributed by atoms with Gasteiger partial charge < -0.3 is 15.5 Å². The minimum atomic E-state index is -0.451. The molecule has 2 aromatic carbocycles. The zero-order chi connectivity index (χ0) is 22.7. The lowest BCUT2D eigenvalue weighted by atomic mass is 9.83. The Morgan fingerprint density at radius 2 is 2.03 bits per heavy atom. The Labute approximate surface area is 185 Å². The molecule has 8 nitrogen and oxygen atoms in total. The number of nitrogen functional groups attached to an aromatic ring is 1. The maximum atomic E-state index is 14.3. The number of halogens is 1. The Kier molecular flexibility index (Phi) is 4.10. The molecule has 0 radical (unpaired) electrons. The molecule has 0 amide bonds. The topological polar surface area (TPSA) is 133 Å². The van der Waals surface area contributed by atoms with Gasteiger partial charge in [0.1, 0.15) is 34.4 Å². The molecule has 3 aromatic heterocycles. The average molecular weight is 440 g/mol. The van der Waals surface area contributed by atoms with E-state index in [1.807, 2.05) is 6.07 Å². The quantitative estimate of drug-likeness (QED) is 0.363. The van der Waals surface area contributed by atoms with E-state index in [4.69, 9.17) is 15.7 Å². The number of aromatic nitrogens is 4. The van der Waals surface area contributed by atoms with Crippen LogP contribution in [0.15, 0.2) is 47.5 Å². The van der Waals surface area contributed by atoms with Gasteiger partial charge in [-0.15, -0.1) is 0 Å². The second-order valence-electron chi connectivity index (χ2n) is 8.23. The first-order valence-electron chi connectivity index (χ1n) is 10.5. The lowest BCUT2D eigenvalue weighted by Crippen LogP contribution is -2.32. The number of nitriles is 1. The third-order valence-electron chi connectivity index (χ3n) is 6.28. The van der Waals surface area contributed by atoms with Crippen molar-refractivity contribution >= 4 is 38.4 Å². The van der Waals surface area contributed by atoms with Crippen LogP contribution in [0.4, 0.5) is 10.1 Å². The molecule has 4 N–H and O–H groups in total. The van der Waals surface area contributed by atoms with Gasteiger partial charge in [-0.2, -0.15) is 10.4 Å². The summed E-state index contributed by atoms with van der Waals surface area (Å²) in [6, 6.07) is 10.6. The van der Waals surface area contributed by atoms with Gasteiger partial charge in [0.2, 0.25) is 0 Å². The molecule has 0 bridgehead atoms. The number of hydrogen-bond donors (Lipinski definition) is 3. The minimum absolute atomic E-state index is 0.00849. The highest BCUT2D eigenvalue weighted by Crippen LogP contribution is 2.41. The lowest BCUT2D eigenvalue weighted by Gasteiger charge is -2.31. The number of pyridine rings is 2. The molecule has 0 atom stereocenters. The van der Waals surface area contributed by atoms with Crippen molar-refractivity contribution in [2.45, 2.75) is 18.9 Å². The lowest BCUT2D eigenvalue weighted by molar-refractivity contribution is 0.0908. The predicted molar refractivity (Wildman–Crippen MR) is 122 cm³/mol. The van der Waals surface area contributed by atoms with Crippen molar-refractivity contribution in [3.05, 3.63) is 58.9 Å². The van der Waals surface area contributed by atoms with Crippen LogP contribution >= 0.6 is 0 Å². The molecule has 162 valence electrons. The number of H-pyrrole nitrogens is 2. The van der Waals surface area contributed by atoms with Gasteiger partial charge in [-0.1, -0.05) is 6.07 Å². The SMILES string of the molecule is N#CC1CC(Oc2cc3c(-c4ccc(F)c5[nH]ncc45)c(N)c(=O)[nH]c3c3cccnc23)C1. The first-order chi connectivity index (χ1) is 16.0. The Hall–Kier alpha value is -4.45. The van der Waals surface area contributed by atoms with Gasteiger partial charge in [0.25, 0.3) is 5.56 Å². The van der Waals surface area contributed by atoms with Gasteiger partial charge >= 0.3 is 0 Å². The van der Waals surface area contributed by atoms with Crippen LogP contribution in [0.1, 0.15) is 12.8 Å². The summed E-state index contributed by atoms with van der Waals surface area (Å²) < 4.78 is 20.5. The smallest absolute Gasteiger partial charge is 0.272 e. The van der Waals surface area contributed by atoms with Crippen LogP contribution in [0, 0.1) is 23.1 Å². The maximum absolute atomic E-state index is 14.3. The number of ether oxygens (including phenoxy) is 1. The molecule has 33 heavy (non-hydrogen) atoms. The maximum Gasteiger partial charge on any atom is 0.272 e. The van der Waals surface area contributed by atoms with Crippen LogP contribution in [0.3, 0.4) is 0 Å². The summed E-state index contributed by atoms with van der Waals surface area (Å²) in [5, 5.41) is 17.6. The van der Waals surface area contributed by atoms with E-state index in [1.165, 1.54) is 12.3 Å². The number of aromatic amines is 2. The van der Waals surface area contributed by atoms with Gasteiger partial charge in [-0.05, 0) is 29.8 Å². The zero-order valence-corrected chi connectivity index (χ0v) is 17.2. The number of nitrogens with one attached hydrogen (secondary N) is 2. The van der Waals surface area contributed by atoms with Crippen molar-refractivity contribution in [2.24, 2.45) is 5.92 Å². The van der Waals surface area contributed by atoms with Gasteiger partial charge in [-0.25, -0.2) is 4.39 Å². The molecule has 0 saturated heterocycles. The zero-order valence-electron chi connectivity index (χ0n) is 17.2. The second-order valence-corrected chi connectivity index (χ2v) is 8.23. The standard InChI is InChI=1S/C24H17FN6O2/c25-17-4-3-13(16-10-29-31-22(16)17)19-15-8-18(33-12-6-11(7-12)9-26)23-14(2-1-5-28-23)21(15)30-24(32)20(19)27/h1-5,8,10-12H,6-7,27H2,(H,29,31)(H,30,32). The normalized spacial score (nSPS) is 17.8. The molecule has 1 saturated carbocycles. The van der Waals surface area contributed by atoms with E-state index >= 15 is 0 Å². The highest BCUT2D eigenvalue weighted by molar-refractivity contribution is 6.15. The van der Waals surface area contributed by atoms with Crippen LogP contribution in [-0.4, -0.2) is 26.3 Å². The summed E-state index contributed by atoms with van der Waals surface area (Å²) in [5.41, 5.74) is 8.29. The van der Waals surface area contributed by atoms with Crippen molar-refractivity contribution in [1.29, 1.82) is 5.26 Å². The van der Waals surface area contributed by atoms with Crippen molar-refractivity contribution in [3.8, 4) is 22.9 Å². The molecule has 1 aliphatic carbocycles. The van der Waals surface area contributed by atoms with E-state index in [0.29, 0.717) is 56.9 Å². The molecule has 1 fully saturated rings. The summed E-state index contributed by atoms with van der Waals surface area (Å²) in [6.45, 7) is 0. The number of rotatable bonds is 3. The highest BCUT2D eigenvalue weighted by atomic mass is 19.1. The summed E-state index contributed by atoms with van der Waals surface area (Å²) >= 11 is 0. The fraction of sp³-hybridized carbons (Fsp3) is 0.167. The Morgan fingerprint density at radius 3 is 2.85 bits per heavy atom. The molecule has 3 heterocycles. The van der Waals surface area contributed by atoms with E-state index in [2.05, 4.69) is 26.2 Å². The molecule has 0 spiro atoms. The third-order valence-corrected chi connectivity index (χ3v) is 6.28. The van der Waals surface area contributed by atoms with E-state index in [-0.39, 0.29) is 23.2 Å². The molecular weight excluding hydrogens is 423 g/mol. The largest absolute Gasteiger partial charge is 0.488 e. The highest BCUT2D eigenvalue weighted by Gasteiger charge is 2.31. The molecule has 0 unspecified atom stereocenters. The molecule has 0 aliphatic heterocycles. The molecule has 5 aromatic rings. The predicted octanol–water partition coefficient (Wildman–Crippen LogP) is 4.02. The number of nitrogens with zero attached hydrogens (tertiary/aromatic N) is 3. The summed E-state index contributed by atoms with van der Waals surface area (Å²) in [5.74, 6) is 0.0817. The van der Waals surface area contributed by atoms with Crippen LogP contribution in [0.2, 0.25) is 0 Å². The summed E-state index contributed by atoms with van der Waals surface area (Å²) in [6.07, 6.45) is 4.38. The van der Waals surface area contributed by atoms with Crippen LogP contribution in [0.25, 0.3) is 43.8 Å². The van der Waals surface area contributed by atoms with Crippen molar-refractivity contribution < 1.29 is 9.13 Å². The number of nitrogens with two attached hydrogens (primary N) is 1. The number of anilines is 1. The van der Waals surface area contributed by atoms with Crippen LogP contribution < -0.4 is 16.0 Å². The average Bonchev–Trinajstić information content (AvgIpc) is 3.29. The van der Waals surface area contributed by atoms with Gasteiger partial charge in [0, 0.05) is 40.8 Å². The Balaban J connectivity index is 1.67. The minimum Gasteiger partial charge on any atom is -0.488 e. The molecule has 9 heteroatoms. The number of fused-ring (bicyclic) bond motifs is 4. The van der Waals surface area contributed by atoms with E-state index in [1.54, 1.807) is 24.4 Å². The van der Waals surface area contributed by atoms with E-state index in [9.17, 15) is 9.18 Å². The fourth-order valence-electron chi connectivity index (χ4n) is 4.54. The second kappa shape index (κ2) is 7.03. The van der Waals surface area contributed by atoms with E-state index in [0.717, 1.165) is 0 Å². The monoisotopic (exact) mass is 440 g/mol. The Morgan fingerprint density at radius 1 is 1.18 bits per heavy atom. The molecule has 1 aliphatic rings. The van der Waals surface area contributed by atoms with Gasteiger partial charge in [0.15, 0.2) is 0 Å². The number of hydrogen-bond acceptors (Lipinski definition) is 6. The Bertz CT molecular complexity index is 1680. The summed E-state index contributed by atoms with van der Waals surface area (Å²) in [7, 11) is 0. The van der Waals surface area contributed by atoms with Crippen molar-refractivity contribution in [2.75, 3.05) is 5.73 Å². The first-order valence-corrected chi connectivity index (χ1v) is 10.5. The van der Waals surface area contributed by atoms with Crippen molar-refractivity contribution in [1.82, 2.24) is 20.2 Å². The first kappa shape index (κ1) is 19.3. The molecule has 6 rings (SSSR count). The van der Waals surface area contributed by atoms with Gasteiger partial charge in [0.05, 0.1) is 23.7 Å². The van der Waals surface area contributed by atoms with Crippen molar-refractivity contribution in [3.63, 3.8) is 0 Å².